The Kier molecular flexibility index (Phi) is 4.78. The molecule has 1 aromatic heterocycles. The molecule has 1 aromatic carbocycles. The standard InChI is InChI=1S/C16H23NO2S/c1-12(17-20(18)16(2,3)4)5-6-13-7-8-14-9-10-19-15(14)11-13/h7-12,17H,5-6H2,1-4H3/t12-,20?/m0/s1. The molecule has 4 heteroatoms. The summed E-state index contributed by atoms with van der Waals surface area (Å²) in [5.41, 5.74) is 2.18. The highest BCUT2D eigenvalue weighted by Crippen LogP contribution is 2.19. The highest BCUT2D eigenvalue weighted by molar-refractivity contribution is 7.90. The van der Waals surface area contributed by atoms with Crippen LogP contribution in [0.25, 0.3) is 11.0 Å². The van der Waals surface area contributed by atoms with Crippen LogP contribution in [0.3, 0.4) is 0 Å². The lowest BCUT2D eigenvalue weighted by molar-refractivity contribution is 0.517. The molecule has 2 aromatic rings. The van der Waals surface area contributed by atoms with Crippen molar-refractivity contribution in [2.45, 2.75) is 51.3 Å². The molecule has 0 saturated heterocycles. The molecule has 0 amide bonds. The van der Waals surface area contributed by atoms with E-state index in [4.69, 9.17) is 4.42 Å². The van der Waals surface area contributed by atoms with E-state index in [0.717, 1.165) is 23.8 Å². The maximum Gasteiger partial charge on any atom is 0.136 e. The molecule has 0 spiro atoms. The molecule has 2 atom stereocenters. The van der Waals surface area contributed by atoms with Crippen molar-refractivity contribution in [3.05, 3.63) is 36.1 Å². The van der Waals surface area contributed by atoms with Gasteiger partial charge < -0.3 is 8.97 Å². The maximum atomic E-state index is 12.0. The van der Waals surface area contributed by atoms with Gasteiger partial charge in [0.1, 0.15) is 10.3 Å². The molecule has 2 rings (SSSR count). The summed E-state index contributed by atoms with van der Waals surface area (Å²) in [7, 11) is 0. The first-order valence-electron chi connectivity index (χ1n) is 7.00. The van der Waals surface area contributed by atoms with E-state index < -0.39 is 11.4 Å². The van der Waals surface area contributed by atoms with Gasteiger partial charge >= 0.3 is 0 Å². The zero-order valence-corrected chi connectivity index (χ0v) is 13.4. The van der Waals surface area contributed by atoms with Crippen molar-refractivity contribution in [3.8, 4) is 0 Å². The Bertz CT molecular complexity index is 559. The van der Waals surface area contributed by atoms with Crippen LogP contribution in [0.4, 0.5) is 0 Å². The molecule has 0 fully saturated rings. The van der Waals surface area contributed by atoms with Crippen LogP contribution in [0.5, 0.6) is 0 Å². The summed E-state index contributed by atoms with van der Waals surface area (Å²) in [6, 6.07) is 8.49. The van der Waals surface area contributed by atoms with Crippen LogP contribution in [0.1, 0.15) is 39.7 Å². The van der Waals surface area contributed by atoms with Gasteiger partial charge in [-0.1, -0.05) is 12.1 Å². The topological polar surface area (TPSA) is 48.2 Å². The SMILES string of the molecule is C[C@@H](CCc1ccc2ccoc2c1)N[S+]([O-])C(C)(C)C. The van der Waals surface area contributed by atoms with Crippen molar-refractivity contribution in [3.63, 3.8) is 0 Å². The van der Waals surface area contributed by atoms with Gasteiger partial charge in [-0.3, -0.25) is 0 Å². The minimum Gasteiger partial charge on any atom is -0.598 e. The van der Waals surface area contributed by atoms with Gasteiger partial charge in [-0.2, -0.15) is 0 Å². The average Bonchev–Trinajstić information content (AvgIpc) is 2.82. The summed E-state index contributed by atoms with van der Waals surface area (Å²) < 4.78 is 20.4. The van der Waals surface area contributed by atoms with Crippen molar-refractivity contribution < 1.29 is 8.97 Å². The highest BCUT2D eigenvalue weighted by atomic mass is 32.2. The van der Waals surface area contributed by atoms with E-state index in [9.17, 15) is 4.55 Å². The van der Waals surface area contributed by atoms with Crippen LogP contribution in [0.15, 0.2) is 34.9 Å². The smallest absolute Gasteiger partial charge is 0.136 e. The molecule has 1 N–H and O–H groups in total. The van der Waals surface area contributed by atoms with E-state index in [1.807, 2.05) is 26.8 Å². The molecule has 0 radical (unpaired) electrons. The summed E-state index contributed by atoms with van der Waals surface area (Å²) in [6.45, 7) is 8.02. The fourth-order valence-corrected chi connectivity index (χ4v) is 2.79. The van der Waals surface area contributed by atoms with Gasteiger partial charge in [0, 0.05) is 16.7 Å². The van der Waals surface area contributed by atoms with Crippen LogP contribution in [0, 0.1) is 0 Å². The van der Waals surface area contributed by atoms with Crippen molar-refractivity contribution in [2.24, 2.45) is 0 Å². The van der Waals surface area contributed by atoms with Crippen molar-refractivity contribution >= 4 is 22.3 Å². The minimum atomic E-state index is -1.01. The lowest BCUT2D eigenvalue weighted by Gasteiger charge is -2.26. The lowest BCUT2D eigenvalue weighted by atomic mass is 10.1. The Balaban J connectivity index is 1.88. The van der Waals surface area contributed by atoms with E-state index >= 15 is 0 Å². The van der Waals surface area contributed by atoms with E-state index in [0.29, 0.717) is 0 Å². The van der Waals surface area contributed by atoms with Crippen LogP contribution in [-0.2, 0) is 17.8 Å². The second-order valence-electron chi connectivity index (χ2n) is 6.23. The molecule has 1 heterocycles. The second-order valence-corrected chi connectivity index (χ2v) is 8.23. The molecule has 0 aliphatic heterocycles. The van der Waals surface area contributed by atoms with E-state index in [1.54, 1.807) is 6.26 Å². The predicted molar refractivity (Wildman–Crippen MR) is 85.0 cm³/mol. The van der Waals surface area contributed by atoms with Gasteiger partial charge in [0.15, 0.2) is 0 Å². The Morgan fingerprint density at radius 1 is 1.30 bits per heavy atom. The van der Waals surface area contributed by atoms with Crippen LogP contribution >= 0.6 is 0 Å². The monoisotopic (exact) mass is 293 g/mol. The van der Waals surface area contributed by atoms with Crippen LogP contribution in [0.2, 0.25) is 0 Å². The molecule has 3 nitrogen and oxygen atoms in total. The fourth-order valence-electron chi connectivity index (χ4n) is 1.96. The molecule has 0 aliphatic rings. The minimum absolute atomic E-state index is 0.221. The molecule has 0 saturated carbocycles. The van der Waals surface area contributed by atoms with Crippen molar-refractivity contribution in [1.82, 2.24) is 4.72 Å². The van der Waals surface area contributed by atoms with Gasteiger partial charge in [0.25, 0.3) is 0 Å². The van der Waals surface area contributed by atoms with Gasteiger partial charge in [0.05, 0.1) is 12.3 Å². The number of hydrogen-bond donors (Lipinski definition) is 1. The quantitative estimate of drug-likeness (QED) is 0.853. The van der Waals surface area contributed by atoms with Gasteiger partial charge in [-0.25, -0.2) is 0 Å². The molecule has 20 heavy (non-hydrogen) atoms. The van der Waals surface area contributed by atoms with Crippen molar-refractivity contribution in [2.75, 3.05) is 0 Å². The van der Waals surface area contributed by atoms with Crippen LogP contribution < -0.4 is 4.72 Å². The number of fused-ring (bicyclic) bond motifs is 1. The first-order valence-corrected chi connectivity index (χ1v) is 8.15. The molecule has 1 unspecified atom stereocenters. The van der Waals surface area contributed by atoms with Gasteiger partial charge in [-0.05, 0) is 58.2 Å². The van der Waals surface area contributed by atoms with E-state index in [2.05, 4.69) is 29.8 Å². The summed E-state index contributed by atoms with van der Waals surface area (Å²) in [5, 5.41) is 1.13. The third kappa shape index (κ3) is 4.01. The van der Waals surface area contributed by atoms with Gasteiger partial charge in [0.2, 0.25) is 0 Å². The number of rotatable bonds is 5. The molecular weight excluding hydrogens is 270 g/mol. The average molecular weight is 293 g/mol. The summed E-state index contributed by atoms with van der Waals surface area (Å²) in [5.74, 6) is 0. The third-order valence-corrected chi connectivity index (χ3v) is 4.98. The first-order chi connectivity index (χ1) is 9.36. The second kappa shape index (κ2) is 6.20. The first kappa shape index (κ1) is 15.4. The number of nitrogens with one attached hydrogen (secondary N) is 1. The Morgan fingerprint density at radius 3 is 2.75 bits per heavy atom. The highest BCUT2D eigenvalue weighted by Gasteiger charge is 2.27. The Hall–Kier alpha value is -0.970. The van der Waals surface area contributed by atoms with Crippen molar-refractivity contribution in [1.29, 1.82) is 0 Å². The largest absolute Gasteiger partial charge is 0.598 e. The molecule has 0 bridgehead atoms. The Labute approximate surface area is 124 Å². The van der Waals surface area contributed by atoms with E-state index in [-0.39, 0.29) is 10.8 Å². The molecule has 110 valence electrons. The zero-order valence-electron chi connectivity index (χ0n) is 12.6. The summed E-state index contributed by atoms with van der Waals surface area (Å²) in [6.07, 6.45) is 3.62. The maximum absolute atomic E-state index is 12.0. The molecule has 0 aliphatic carbocycles. The number of hydrogen-bond acceptors (Lipinski definition) is 3. The normalized spacial score (nSPS) is 15.4. The predicted octanol–water partition coefficient (Wildman–Crippen LogP) is 3.81. The number of aryl methyl sites for hydroxylation is 1. The lowest BCUT2D eigenvalue weighted by Crippen LogP contribution is -2.43. The summed E-state index contributed by atoms with van der Waals surface area (Å²) in [4.78, 5) is 0. The van der Waals surface area contributed by atoms with Gasteiger partial charge in [-0.15, -0.1) is 4.72 Å². The number of benzene rings is 1. The Morgan fingerprint density at radius 2 is 2.05 bits per heavy atom. The fraction of sp³-hybridized carbons (Fsp3) is 0.500. The summed E-state index contributed by atoms with van der Waals surface area (Å²) >= 11 is -1.01. The van der Waals surface area contributed by atoms with Crippen LogP contribution in [-0.4, -0.2) is 15.3 Å². The molecular formula is C16H23NO2S. The third-order valence-electron chi connectivity index (χ3n) is 3.25. The number of furan rings is 1. The van der Waals surface area contributed by atoms with E-state index in [1.165, 1.54) is 5.56 Å². The zero-order chi connectivity index (χ0) is 14.8.